The maximum atomic E-state index is 11.8. The average Bonchev–Trinajstić information content (AvgIpc) is 2.49. The first-order valence-electron chi connectivity index (χ1n) is 6.13. The number of benzene rings is 2. The van der Waals surface area contributed by atoms with Gasteiger partial charge in [0.05, 0.1) is 6.21 Å². The zero-order chi connectivity index (χ0) is 17.1. The number of nitrogens with one attached hydrogen (secondary N) is 1. The Balaban J connectivity index is 2.13. The largest absolute Gasteiger partial charge is 0.504 e. The van der Waals surface area contributed by atoms with Gasteiger partial charge in [-0.05, 0) is 24.3 Å². The highest BCUT2D eigenvalue weighted by atomic mass is 16.3. The number of aromatic hydroxyl groups is 6. The lowest BCUT2D eigenvalue weighted by atomic mass is 10.2. The van der Waals surface area contributed by atoms with Crippen LogP contribution < -0.4 is 5.43 Å². The van der Waals surface area contributed by atoms with Crippen molar-refractivity contribution in [1.82, 2.24) is 5.43 Å². The number of hydrogen-bond acceptors (Lipinski definition) is 8. The second-order valence-electron chi connectivity index (χ2n) is 4.47. The van der Waals surface area contributed by atoms with Gasteiger partial charge >= 0.3 is 0 Å². The fraction of sp³-hybridized carbons (Fsp3) is 0. The summed E-state index contributed by atoms with van der Waals surface area (Å²) in [6.45, 7) is 0. The highest BCUT2D eigenvalue weighted by Crippen LogP contribution is 2.35. The standard InChI is InChI=1S/C14H12N2O7/c17-8-1-6(2-9(18)12(8)21)5-15-16-14(23)7-3-10(19)13(22)11(20)4-7/h1-5,17-22H,(H,16,23). The number of carbonyl (C=O) groups is 1. The monoisotopic (exact) mass is 320 g/mol. The molecule has 120 valence electrons. The summed E-state index contributed by atoms with van der Waals surface area (Å²) in [6, 6.07) is 4.06. The molecule has 2 aromatic rings. The number of carbonyl (C=O) groups excluding carboxylic acids is 1. The molecule has 0 aliphatic carbocycles. The van der Waals surface area contributed by atoms with E-state index in [1.54, 1.807) is 0 Å². The SMILES string of the molecule is O=C(NN=Cc1cc(O)c(O)c(O)c1)c1cc(O)c(O)c(O)c1. The Hall–Kier alpha value is -3.62. The molecule has 0 saturated carbocycles. The van der Waals surface area contributed by atoms with Crippen molar-refractivity contribution in [2.75, 3.05) is 0 Å². The molecule has 0 aliphatic rings. The van der Waals surface area contributed by atoms with Gasteiger partial charge < -0.3 is 30.6 Å². The summed E-state index contributed by atoms with van der Waals surface area (Å²) in [5.74, 6) is -4.70. The van der Waals surface area contributed by atoms with Crippen molar-refractivity contribution in [3.05, 3.63) is 35.4 Å². The Morgan fingerprint density at radius 1 is 0.826 bits per heavy atom. The number of nitrogens with zero attached hydrogens (tertiary/aromatic N) is 1. The first-order chi connectivity index (χ1) is 10.8. The Labute approximate surface area is 129 Å². The van der Waals surface area contributed by atoms with Crippen LogP contribution in [0.5, 0.6) is 34.5 Å². The van der Waals surface area contributed by atoms with Gasteiger partial charge in [-0.2, -0.15) is 5.10 Å². The molecule has 0 aromatic heterocycles. The first kappa shape index (κ1) is 15.8. The summed E-state index contributed by atoms with van der Waals surface area (Å²) in [5, 5.41) is 59.2. The van der Waals surface area contributed by atoms with Crippen LogP contribution in [0, 0.1) is 0 Å². The second kappa shape index (κ2) is 6.02. The molecule has 0 atom stereocenters. The van der Waals surface area contributed by atoms with Crippen LogP contribution in [0.4, 0.5) is 0 Å². The summed E-state index contributed by atoms with van der Waals surface area (Å²) in [6.07, 6.45) is 1.08. The van der Waals surface area contributed by atoms with Gasteiger partial charge in [0, 0.05) is 11.1 Å². The molecule has 2 aromatic carbocycles. The van der Waals surface area contributed by atoms with Gasteiger partial charge in [0.1, 0.15) is 0 Å². The number of hydrogen-bond donors (Lipinski definition) is 7. The summed E-state index contributed by atoms with van der Waals surface area (Å²) >= 11 is 0. The number of rotatable bonds is 3. The van der Waals surface area contributed by atoms with Crippen molar-refractivity contribution in [3.63, 3.8) is 0 Å². The molecular weight excluding hydrogens is 308 g/mol. The maximum absolute atomic E-state index is 11.8. The van der Waals surface area contributed by atoms with Crippen molar-refractivity contribution in [2.24, 2.45) is 5.10 Å². The topological polar surface area (TPSA) is 163 Å². The molecule has 0 aliphatic heterocycles. The third kappa shape index (κ3) is 3.35. The number of hydrazone groups is 1. The molecule has 0 unspecified atom stereocenters. The minimum atomic E-state index is -0.793. The van der Waals surface area contributed by atoms with Crippen LogP contribution in [0.15, 0.2) is 29.4 Å². The van der Waals surface area contributed by atoms with Gasteiger partial charge in [-0.15, -0.1) is 0 Å². The number of phenolic OH excluding ortho intramolecular Hbond substituents is 6. The Morgan fingerprint density at radius 3 is 1.74 bits per heavy atom. The highest BCUT2D eigenvalue weighted by Gasteiger charge is 2.13. The van der Waals surface area contributed by atoms with Crippen molar-refractivity contribution in [3.8, 4) is 34.5 Å². The number of amides is 1. The summed E-state index contributed by atoms with van der Waals surface area (Å²) in [7, 11) is 0. The Morgan fingerprint density at radius 2 is 1.26 bits per heavy atom. The normalized spacial score (nSPS) is 10.8. The molecule has 23 heavy (non-hydrogen) atoms. The summed E-state index contributed by atoms with van der Waals surface area (Å²) < 4.78 is 0. The molecule has 0 radical (unpaired) electrons. The van der Waals surface area contributed by atoms with E-state index in [1.807, 2.05) is 0 Å². The van der Waals surface area contributed by atoms with Gasteiger partial charge in [-0.25, -0.2) is 5.43 Å². The van der Waals surface area contributed by atoms with Crippen LogP contribution in [0.2, 0.25) is 0 Å². The highest BCUT2D eigenvalue weighted by molar-refractivity contribution is 5.96. The van der Waals surface area contributed by atoms with E-state index in [1.165, 1.54) is 0 Å². The van der Waals surface area contributed by atoms with Crippen molar-refractivity contribution >= 4 is 12.1 Å². The number of phenols is 6. The van der Waals surface area contributed by atoms with Crippen molar-refractivity contribution in [2.45, 2.75) is 0 Å². The summed E-state index contributed by atoms with van der Waals surface area (Å²) in [5.41, 5.74) is 2.10. The molecule has 1 amide bonds. The fourth-order valence-electron chi connectivity index (χ4n) is 1.67. The minimum Gasteiger partial charge on any atom is -0.504 e. The molecule has 0 heterocycles. The van der Waals surface area contributed by atoms with Gasteiger partial charge in [0.25, 0.3) is 5.91 Å². The lowest BCUT2D eigenvalue weighted by Crippen LogP contribution is -2.17. The van der Waals surface area contributed by atoms with E-state index in [0.717, 1.165) is 30.5 Å². The van der Waals surface area contributed by atoms with Gasteiger partial charge in [0.2, 0.25) is 0 Å². The molecular formula is C14H12N2O7. The molecule has 0 spiro atoms. The second-order valence-corrected chi connectivity index (χ2v) is 4.47. The van der Waals surface area contributed by atoms with Gasteiger partial charge in [-0.1, -0.05) is 0 Å². The Kier molecular flexibility index (Phi) is 4.12. The lowest BCUT2D eigenvalue weighted by Gasteiger charge is -2.05. The predicted octanol–water partition coefficient (Wildman–Crippen LogP) is 0.684. The zero-order valence-electron chi connectivity index (χ0n) is 11.4. The third-order valence-corrected chi connectivity index (χ3v) is 2.80. The Bertz CT molecular complexity index is 756. The smallest absolute Gasteiger partial charge is 0.271 e. The molecule has 9 nitrogen and oxygen atoms in total. The van der Waals surface area contributed by atoms with Crippen molar-refractivity contribution < 1.29 is 35.4 Å². The average molecular weight is 320 g/mol. The van der Waals surface area contributed by atoms with Crippen LogP contribution in [-0.4, -0.2) is 42.8 Å². The molecule has 2 rings (SSSR count). The van der Waals surface area contributed by atoms with E-state index >= 15 is 0 Å². The van der Waals surface area contributed by atoms with E-state index < -0.39 is 40.4 Å². The van der Waals surface area contributed by atoms with E-state index in [2.05, 4.69) is 10.5 Å². The fourth-order valence-corrected chi connectivity index (χ4v) is 1.67. The molecule has 0 saturated heterocycles. The lowest BCUT2D eigenvalue weighted by molar-refractivity contribution is 0.0954. The minimum absolute atomic E-state index is 0.161. The van der Waals surface area contributed by atoms with Crippen LogP contribution >= 0.6 is 0 Å². The quantitative estimate of drug-likeness (QED) is 0.248. The van der Waals surface area contributed by atoms with Crippen LogP contribution in [0.25, 0.3) is 0 Å². The van der Waals surface area contributed by atoms with Crippen molar-refractivity contribution in [1.29, 1.82) is 0 Å². The van der Waals surface area contributed by atoms with E-state index in [4.69, 9.17) is 0 Å². The van der Waals surface area contributed by atoms with Crippen LogP contribution in [0.3, 0.4) is 0 Å². The molecule has 0 fully saturated rings. The van der Waals surface area contributed by atoms with E-state index in [0.29, 0.717) is 0 Å². The predicted molar refractivity (Wildman–Crippen MR) is 77.9 cm³/mol. The maximum Gasteiger partial charge on any atom is 0.271 e. The third-order valence-electron chi connectivity index (χ3n) is 2.80. The van der Waals surface area contributed by atoms with E-state index in [9.17, 15) is 35.4 Å². The van der Waals surface area contributed by atoms with E-state index in [-0.39, 0.29) is 11.1 Å². The molecule has 9 heteroatoms. The summed E-state index contributed by atoms with van der Waals surface area (Å²) in [4.78, 5) is 11.8. The van der Waals surface area contributed by atoms with Gasteiger partial charge in [-0.3, -0.25) is 4.79 Å². The molecule has 0 bridgehead atoms. The molecule has 7 N–H and O–H groups in total. The van der Waals surface area contributed by atoms with Crippen LogP contribution in [-0.2, 0) is 0 Å². The van der Waals surface area contributed by atoms with Crippen LogP contribution in [0.1, 0.15) is 15.9 Å². The van der Waals surface area contributed by atoms with Gasteiger partial charge in [0.15, 0.2) is 34.5 Å². The zero-order valence-corrected chi connectivity index (χ0v) is 11.4. The first-order valence-corrected chi connectivity index (χ1v) is 6.13.